The van der Waals surface area contributed by atoms with Crippen molar-refractivity contribution in [3.63, 3.8) is 0 Å². The molecule has 2 aliphatic rings. The minimum Gasteiger partial charge on any atom is -0.497 e. The van der Waals surface area contributed by atoms with E-state index in [-0.39, 0.29) is 23.7 Å². The van der Waals surface area contributed by atoms with Crippen molar-refractivity contribution in [2.24, 2.45) is 5.92 Å². The Bertz CT molecular complexity index is 1210. The van der Waals surface area contributed by atoms with Crippen LogP contribution in [-0.2, 0) is 22.6 Å². The van der Waals surface area contributed by atoms with Crippen LogP contribution in [0, 0.1) is 5.92 Å². The fourth-order valence-electron chi connectivity index (χ4n) is 5.34. The summed E-state index contributed by atoms with van der Waals surface area (Å²) in [5.74, 6) is 1.03. The molecule has 34 heavy (non-hydrogen) atoms. The van der Waals surface area contributed by atoms with E-state index in [0.29, 0.717) is 19.6 Å². The molecule has 5 nitrogen and oxygen atoms in total. The SMILES string of the molecule is COc1ccc2cc([C@H](C)C(=O)N3CCC(C(=O)N4CCc5ccccc5C4)CC3)ccc2c1. The maximum atomic E-state index is 13.3. The number of likely N-dealkylation sites (tertiary alicyclic amines) is 1. The van der Waals surface area contributed by atoms with Crippen LogP contribution in [0.5, 0.6) is 5.75 Å². The van der Waals surface area contributed by atoms with E-state index in [1.54, 1.807) is 7.11 Å². The van der Waals surface area contributed by atoms with Crippen molar-refractivity contribution < 1.29 is 14.3 Å². The molecular weight excluding hydrogens is 424 g/mol. The molecule has 0 saturated carbocycles. The van der Waals surface area contributed by atoms with Crippen LogP contribution in [0.15, 0.2) is 60.7 Å². The Morgan fingerprint density at radius 3 is 2.35 bits per heavy atom. The predicted molar refractivity (Wildman–Crippen MR) is 134 cm³/mol. The molecule has 0 spiro atoms. The molecule has 1 fully saturated rings. The number of benzene rings is 3. The van der Waals surface area contributed by atoms with Crippen LogP contribution < -0.4 is 4.74 Å². The highest BCUT2D eigenvalue weighted by atomic mass is 16.5. The van der Waals surface area contributed by atoms with E-state index in [4.69, 9.17) is 4.74 Å². The molecule has 0 unspecified atom stereocenters. The van der Waals surface area contributed by atoms with Crippen LogP contribution in [0.25, 0.3) is 10.8 Å². The normalized spacial score (nSPS) is 17.4. The van der Waals surface area contributed by atoms with Gasteiger partial charge in [0.25, 0.3) is 0 Å². The molecule has 0 N–H and O–H groups in total. The van der Waals surface area contributed by atoms with Crippen molar-refractivity contribution in [3.05, 3.63) is 77.4 Å². The lowest BCUT2D eigenvalue weighted by Crippen LogP contribution is -2.46. The number of fused-ring (bicyclic) bond motifs is 2. The Balaban J connectivity index is 1.19. The molecule has 2 heterocycles. The number of piperidine rings is 1. The molecule has 3 aromatic rings. The number of carbonyl (C=O) groups is 2. The van der Waals surface area contributed by atoms with Crippen molar-refractivity contribution >= 4 is 22.6 Å². The zero-order chi connectivity index (χ0) is 23.7. The lowest BCUT2D eigenvalue weighted by atomic mass is 9.91. The zero-order valence-corrected chi connectivity index (χ0v) is 20.0. The summed E-state index contributed by atoms with van der Waals surface area (Å²) in [6, 6.07) is 20.6. The van der Waals surface area contributed by atoms with Crippen LogP contribution in [0.2, 0.25) is 0 Å². The predicted octanol–water partition coefficient (Wildman–Crippen LogP) is 4.78. The van der Waals surface area contributed by atoms with E-state index in [0.717, 1.165) is 47.9 Å². The van der Waals surface area contributed by atoms with Gasteiger partial charge in [-0.25, -0.2) is 0 Å². The van der Waals surface area contributed by atoms with Crippen LogP contribution in [0.1, 0.15) is 42.4 Å². The van der Waals surface area contributed by atoms with Crippen molar-refractivity contribution in [2.45, 2.75) is 38.6 Å². The van der Waals surface area contributed by atoms with Gasteiger partial charge in [0.1, 0.15) is 5.75 Å². The number of ether oxygens (including phenoxy) is 1. The second-order valence-electron chi connectivity index (χ2n) is 9.57. The summed E-state index contributed by atoms with van der Waals surface area (Å²) in [7, 11) is 1.67. The van der Waals surface area contributed by atoms with E-state index in [1.807, 2.05) is 47.1 Å². The highest BCUT2D eigenvalue weighted by molar-refractivity contribution is 5.88. The molecule has 5 rings (SSSR count). The summed E-state index contributed by atoms with van der Waals surface area (Å²) in [5.41, 5.74) is 3.64. The molecule has 0 radical (unpaired) electrons. The first-order chi connectivity index (χ1) is 16.5. The zero-order valence-electron chi connectivity index (χ0n) is 20.0. The molecule has 1 atom stereocenters. The summed E-state index contributed by atoms with van der Waals surface area (Å²) in [6.07, 6.45) is 2.41. The maximum Gasteiger partial charge on any atom is 0.229 e. The molecule has 2 aliphatic heterocycles. The van der Waals surface area contributed by atoms with Crippen molar-refractivity contribution in [1.82, 2.24) is 9.80 Å². The third kappa shape index (κ3) is 4.39. The van der Waals surface area contributed by atoms with Gasteiger partial charge in [0.2, 0.25) is 11.8 Å². The quantitative estimate of drug-likeness (QED) is 0.568. The fourth-order valence-corrected chi connectivity index (χ4v) is 5.34. The first kappa shape index (κ1) is 22.5. The molecular formula is C29H32N2O3. The van der Waals surface area contributed by atoms with Crippen LogP contribution in [0.4, 0.5) is 0 Å². The molecule has 176 valence electrons. The molecule has 0 bridgehead atoms. The molecule has 2 amide bonds. The fraction of sp³-hybridized carbons (Fsp3) is 0.379. The first-order valence-electron chi connectivity index (χ1n) is 12.3. The first-order valence-corrected chi connectivity index (χ1v) is 12.3. The monoisotopic (exact) mass is 456 g/mol. The lowest BCUT2D eigenvalue weighted by molar-refractivity contribution is -0.141. The summed E-state index contributed by atoms with van der Waals surface area (Å²) >= 11 is 0. The Labute approximate surface area is 201 Å². The van der Waals surface area contributed by atoms with Crippen LogP contribution in [-0.4, -0.2) is 48.4 Å². The molecule has 5 heteroatoms. The average molecular weight is 457 g/mol. The van der Waals surface area contributed by atoms with Gasteiger partial charge in [-0.15, -0.1) is 0 Å². The van der Waals surface area contributed by atoms with Crippen molar-refractivity contribution in [2.75, 3.05) is 26.7 Å². The Hall–Kier alpha value is -3.34. The van der Waals surface area contributed by atoms with Crippen LogP contribution in [0.3, 0.4) is 0 Å². The second-order valence-corrected chi connectivity index (χ2v) is 9.57. The van der Waals surface area contributed by atoms with Gasteiger partial charge in [-0.05, 0) is 65.8 Å². The van der Waals surface area contributed by atoms with Gasteiger partial charge in [-0.2, -0.15) is 0 Å². The summed E-state index contributed by atoms with van der Waals surface area (Å²) < 4.78 is 5.31. The van der Waals surface area contributed by atoms with Gasteiger partial charge < -0.3 is 14.5 Å². The Kier molecular flexibility index (Phi) is 6.27. The van der Waals surface area contributed by atoms with Gasteiger partial charge in [0, 0.05) is 32.1 Å². The second kappa shape index (κ2) is 9.49. The Morgan fingerprint density at radius 2 is 1.59 bits per heavy atom. The molecule has 3 aromatic carbocycles. The molecule has 0 aliphatic carbocycles. The number of methoxy groups -OCH3 is 1. The highest BCUT2D eigenvalue weighted by Crippen LogP contribution is 2.29. The largest absolute Gasteiger partial charge is 0.497 e. The van der Waals surface area contributed by atoms with Gasteiger partial charge in [-0.3, -0.25) is 9.59 Å². The van der Waals surface area contributed by atoms with Gasteiger partial charge in [0.15, 0.2) is 0 Å². The minimum absolute atomic E-state index is 0.0141. The summed E-state index contributed by atoms with van der Waals surface area (Å²) in [5, 5.41) is 2.20. The number of hydrogen-bond donors (Lipinski definition) is 0. The number of rotatable bonds is 4. The minimum atomic E-state index is -0.211. The van der Waals surface area contributed by atoms with Crippen molar-refractivity contribution in [3.8, 4) is 5.75 Å². The molecule has 1 saturated heterocycles. The van der Waals surface area contributed by atoms with Gasteiger partial charge in [-0.1, -0.05) is 48.5 Å². The standard InChI is InChI=1S/C29H32N2O3/c1-20(23-7-8-25-18-27(34-2)10-9-24(25)17-23)28(32)30-14-12-22(13-15-30)29(33)31-16-11-21-5-3-4-6-26(21)19-31/h3-10,17-18,20,22H,11-16,19H2,1-2H3/t20-/m0/s1. The highest BCUT2D eigenvalue weighted by Gasteiger charge is 2.33. The van der Waals surface area contributed by atoms with Crippen molar-refractivity contribution in [1.29, 1.82) is 0 Å². The molecule has 0 aromatic heterocycles. The van der Waals surface area contributed by atoms with Gasteiger partial charge >= 0.3 is 0 Å². The summed E-state index contributed by atoms with van der Waals surface area (Å²) in [4.78, 5) is 30.4. The van der Waals surface area contributed by atoms with Gasteiger partial charge in [0.05, 0.1) is 13.0 Å². The smallest absolute Gasteiger partial charge is 0.229 e. The van der Waals surface area contributed by atoms with E-state index in [2.05, 4.69) is 30.3 Å². The average Bonchev–Trinajstić information content (AvgIpc) is 2.91. The van der Waals surface area contributed by atoms with E-state index < -0.39 is 0 Å². The number of amides is 2. The van der Waals surface area contributed by atoms with E-state index >= 15 is 0 Å². The number of carbonyl (C=O) groups excluding carboxylic acids is 2. The third-order valence-corrected chi connectivity index (χ3v) is 7.54. The third-order valence-electron chi connectivity index (χ3n) is 7.54. The summed E-state index contributed by atoms with van der Waals surface area (Å²) in [6.45, 7) is 4.78. The topological polar surface area (TPSA) is 49.9 Å². The number of nitrogens with zero attached hydrogens (tertiary/aromatic N) is 2. The maximum absolute atomic E-state index is 13.3. The Morgan fingerprint density at radius 1 is 0.882 bits per heavy atom. The van der Waals surface area contributed by atoms with Crippen LogP contribution >= 0.6 is 0 Å². The number of hydrogen-bond acceptors (Lipinski definition) is 3. The van der Waals surface area contributed by atoms with E-state index in [9.17, 15) is 9.59 Å². The lowest BCUT2D eigenvalue weighted by Gasteiger charge is -2.37. The van der Waals surface area contributed by atoms with E-state index in [1.165, 1.54) is 11.1 Å².